The Morgan fingerprint density at radius 1 is 1.62 bits per heavy atom. The molecule has 1 aromatic heterocycles. The number of likely N-dealkylation sites (N-methyl/N-ethyl adjacent to an activating group) is 1. The SMILES string of the molecule is CN(C)C1CCCN(c2ncc(CN)s2)C1. The van der Waals surface area contributed by atoms with Crippen LogP contribution in [0.2, 0.25) is 0 Å². The van der Waals surface area contributed by atoms with Gasteiger partial charge in [-0.2, -0.15) is 0 Å². The molecular formula is C11H20N4S. The number of rotatable bonds is 3. The van der Waals surface area contributed by atoms with Crippen LogP contribution in [0.4, 0.5) is 5.13 Å². The zero-order chi connectivity index (χ0) is 11.5. The van der Waals surface area contributed by atoms with Crippen molar-refractivity contribution in [3.63, 3.8) is 0 Å². The molecule has 1 fully saturated rings. The first-order chi connectivity index (χ1) is 7.70. The van der Waals surface area contributed by atoms with Gasteiger partial charge in [-0.05, 0) is 26.9 Å². The summed E-state index contributed by atoms with van der Waals surface area (Å²) in [5, 5.41) is 1.13. The van der Waals surface area contributed by atoms with Crippen molar-refractivity contribution in [3.8, 4) is 0 Å². The monoisotopic (exact) mass is 240 g/mol. The molecule has 1 unspecified atom stereocenters. The normalized spacial score (nSPS) is 21.8. The maximum absolute atomic E-state index is 5.61. The number of nitrogens with two attached hydrogens (primary N) is 1. The number of piperidine rings is 1. The fourth-order valence-electron chi connectivity index (χ4n) is 2.09. The first kappa shape index (κ1) is 11.8. The molecule has 5 heteroatoms. The van der Waals surface area contributed by atoms with Crippen LogP contribution in [-0.4, -0.2) is 43.1 Å². The van der Waals surface area contributed by atoms with Crippen molar-refractivity contribution in [3.05, 3.63) is 11.1 Å². The highest BCUT2D eigenvalue weighted by Crippen LogP contribution is 2.26. The van der Waals surface area contributed by atoms with E-state index in [2.05, 4.69) is 28.9 Å². The molecule has 2 N–H and O–H groups in total. The Kier molecular flexibility index (Phi) is 3.78. The molecule has 0 aliphatic carbocycles. The van der Waals surface area contributed by atoms with Crippen LogP contribution < -0.4 is 10.6 Å². The number of anilines is 1. The summed E-state index contributed by atoms with van der Waals surface area (Å²) in [4.78, 5) is 10.3. The molecule has 1 aliphatic heterocycles. The molecular weight excluding hydrogens is 220 g/mol. The Hall–Kier alpha value is -0.650. The lowest BCUT2D eigenvalue weighted by Gasteiger charge is -2.35. The highest BCUT2D eigenvalue weighted by Gasteiger charge is 2.23. The van der Waals surface area contributed by atoms with Crippen molar-refractivity contribution < 1.29 is 0 Å². The van der Waals surface area contributed by atoms with E-state index in [1.54, 1.807) is 11.3 Å². The highest BCUT2D eigenvalue weighted by molar-refractivity contribution is 7.15. The Balaban J connectivity index is 2.03. The van der Waals surface area contributed by atoms with Crippen LogP contribution in [0.15, 0.2) is 6.20 Å². The Morgan fingerprint density at radius 3 is 3.06 bits per heavy atom. The fourth-order valence-corrected chi connectivity index (χ4v) is 2.91. The molecule has 1 saturated heterocycles. The maximum Gasteiger partial charge on any atom is 0.185 e. The second kappa shape index (κ2) is 5.12. The molecule has 0 saturated carbocycles. The van der Waals surface area contributed by atoms with Crippen molar-refractivity contribution in [2.24, 2.45) is 5.73 Å². The molecule has 0 bridgehead atoms. The molecule has 1 atom stereocenters. The minimum Gasteiger partial charge on any atom is -0.347 e. The van der Waals surface area contributed by atoms with E-state index in [0.717, 1.165) is 18.2 Å². The topological polar surface area (TPSA) is 45.4 Å². The largest absolute Gasteiger partial charge is 0.347 e. The summed E-state index contributed by atoms with van der Waals surface area (Å²) in [7, 11) is 4.31. The molecule has 2 heterocycles. The molecule has 0 spiro atoms. The second-order valence-corrected chi connectivity index (χ2v) is 5.61. The van der Waals surface area contributed by atoms with Crippen molar-refractivity contribution in [2.75, 3.05) is 32.1 Å². The average Bonchev–Trinajstić information content (AvgIpc) is 2.77. The van der Waals surface area contributed by atoms with Gasteiger partial charge in [0.05, 0.1) is 0 Å². The quantitative estimate of drug-likeness (QED) is 0.860. The predicted molar refractivity (Wildman–Crippen MR) is 68.9 cm³/mol. The van der Waals surface area contributed by atoms with Gasteiger partial charge in [-0.1, -0.05) is 0 Å². The van der Waals surface area contributed by atoms with Gasteiger partial charge in [-0.25, -0.2) is 4.98 Å². The van der Waals surface area contributed by atoms with E-state index < -0.39 is 0 Å². The molecule has 1 aromatic rings. The van der Waals surface area contributed by atoms with Crippen LogP contribution in [0.3, 0.4) is 0 Å². The minimum atomic E-state index is 0.600. The molecule has 2 rings (SSSR count). The highest BCUT2D eigenvalue weighted by atomic mass is 32.1. The van der Waals surface area contributed by atoms with E-state index >= 15 is 0 Å². The third kappa shape index (κ3) is 2.53. The van der Waals surface area contributed by atoms with Crippen molar-refractivity contribution >= 4 is 16.5 Å². The van der Waals surface area contributed by atoms with E-state index in [9.17, 15) is 0 Å². The number of thiazole rings is 1. The van der Waals surface area contributed by atoms with Crippen molar-refractivity contribution in [1.82, 2.24) is 9.88 Å². The van der Waals surface area contributed by atoms with Gasteiger partial charge < -0.3 is 15.5 Å². The summed E-state index contributed by atoms with van der Waals surface area (Å²) in [5.74, 6) is 0. The van der Waals surface area contributed by atoms with Crippen LogP contribution >= 0.6 is 11.3 Å². The minimum absolute atomic E-state index is 0.600. The van der Waals surface area contributed by atoms with Crippen LogP contribution in [0.5, 0.6) is 0 Å². The van der Waals surface area contributed by atoms with Gasteiger partial charge in [0.1, 0.15) is 0 Å². The van der Waals surface area contributed by atoms with E-state index in [0.29, 0.717) is 12.6 Å². The van der Waals surface area contributed by atoms with Crippen LogP contribution in [0.1, 0.15) is 17.7 Å². The summed E-state index contributed by atoms with van der Waals surface area (Å²) < 4.78 is 0. The van der Waals surface area contributed by atoms with Crippen LogP contribution in [-0.2, 0) is 6.54 Å². The molecule has 0 radical (unpaired) electrons. The smallest absolute Gasteiger partial charge is 0.185 e. The third-order valence-electron chi connectivity index (χ3n) is 3.14. The summed E-state index contributed by atoms with van der Waals surface area (Å²) in [5.41, 5.74) is 5.61. The second-order valence-electron chi connectivity index (χ2n) is 4.52. The van der Waals surface area contributed by atoms with Crippen LogP contribution in [0, 0.1) is 0 Å². The van der Waals surface area contributed by atoms with Gasteiger partial charge in [0.15, 0.2) is 5.13 Å². The summed E-state index contributed by atoms with van der Waals surface area (Å²) in [6.07, 6.45) is 4.44. The third-order valence-corrected chi connectivity index (χ3v) is 4.22. The Morgan fingerprint density at radius 2 is 2.44 bits per heavy atom. The molecule has 90 valence electrons. The van der Waals surface area contributed by atoms with Gasteiger partial charge in [0.25, 0.3) is 0 Å². The lowest BCUT2D eigenvalue weighted by molar-refractivity contribution is 0.258. The molecule has 0 amide bonds. The first-order valence-electron chi connectivity index (χ1n) is 5.77. The maximum atomic E-state index is 5.61. The number of hydrogen-bond acceptors (Lipinski definition) is 5. The standard InChI is InChI=1S/C11H20N4S/c1-14(2)9-4-3-5-15(8-9)11-13-7-10(6-12)16-11/h7,9H,3-6,8,12H2,1-2H3. The van der Waals surface area contributed by atoms with Crippen molar-refractivity contribution in [2.45, 2.75) is 25.4 Å². The molecule has 1 aliphatic rings. The number of nitrogens with zero attached hydrogens (tertiary/aromatic N) is 3. The van der Waals surface area contributed by atoms with Crippen molar-refractivity contribution in [1.29, 1.82) is 0 Å². The number of hydrogen-bond donors (Lipinski definition) is 1. The van der Waals surface area contributed by atoms with Gasteiger partial charge in [0.2, 0.25) is 0 Å². The Bertz CT molecular complexity index is 336. The van der Waals surface area contributed by atoms with E-state index in [1.165, 1.54) is 17.7 Å². The zero-order valence-electron chi connectivity index (χ0n) is 10.0. The van der Waals surface area contributed by atoms with E-state index in [-0.39, 0.29) is 0 Å². The lowest BCUT2D eigenvalue weighted by atomic mass is 10.1. The van der Waals surface area contributed by atoms with Gasteiger partial charge in [0, 0.05) is 36.8 Å². The zero-order valence-corrected chi connectivity index (χ0v) is 10.8. The summed E-state index contributed by atoms with van der Waals surface area (Å²) >= 11 is 1.72. The number of aromatic nitrogens is 1. The average molecular weight is 240 g/mol. The van der Waals surface area contributed by atoms with Gasteiger partial charge >= 0.3 is 0 Å². The fraction of sp³-hybridized carbons (Fsp3) is 0.727. The van der Waals surface area contributed by atoms with Gasteiger partial charge in [-0.15, -0.1) is 11.3 Å². The van der Waals surface area contributed by atoms with Gasteiger partial charge in [-0.3, -0.25) is 0 Å². The molecule has 4 nitrogen and oxygen atoms in total. The van der Waals surface area contributed by atoms with Crippen LogP contribution in [0.25, 0.3) is 0 Å². The molecule has 16 heavy (non-hydrogen) atoms. The predicted octanol–water partition coefficient (Wildman–Crippen LogP) is 1.13. The summed E-state index contributed by atoms with van der Waals surface area (Å²) in [6, 6.07) is 0.652. The Labute approximate surface area is 101 Å². The molecule has 0 aromatic carbocycles. The first-order valence-corrected chi connectivity index (χ1v) is 6.58. The summed E-state index contributed by atoms with van der Waals surface area (Å²) in [6.45, 7) is 2.81. The lowest BCUT2D eigenvalue weighted by Crippen LogP contribution is -2.45. The van der Waals surface area contributed by atoms with E-state index in [4.69, 9.17) is 5.73 Å². The van der Waals surface area contributed by atoms with E-state index in [1.807, 2.05) is 6.20 Å².